The molecule has 2 aliphatic heterocycles. The molecule has 10 heteroatoms. The van der Waals surface area contributed by atoms with Crippen molar-refractivity contribution in [3.8, 4) is 28.7 Å². The third kappa shape index (κ3) is 4.58. The van der Waals surface area contributed by atoms with Crippen molar-refractivity contribution in [1.82, 2.24) is 10.6 Å². The summed E-state index contributed by atoms with van der Waals surface area (Å²) in [5, 5.41) is 6.25. The first kappa shape index (κ1) is 19.9. The van der Waals surface area contributed by atoms with Crippen LogP contribution in [0.4, 0.5) is 8.78 Å². The van der Waals surface area contributed by atoms with Gasteiger partial charge in [-0.15, -0.1) is 0 Å². The van der Waals surface area contributed by atoms with Gasteiger partial charge in [-0.25, -0.2) is 4.99 Å². The number of halogens is 2. The van der Waals surface area contributed by atoms with Crippen LogP contribution in [0.5, 0.6) is 28.7 Å². The average molecular weight is 421 g/mol. The minimum Gasteiger partial charge on any atom is -0.454 e. The standard InChI is InChI=1S/C20H21F2N3O5/c1-2-23-20(24-8-12-3-4-14-16(5-12)27-10-26-14)25-9-13-6-17-18(29-11-28-17)7-15(13)30-19(21)22/h3-7,19H,2,8-11H2,1H3,(H2,23,24,25). The first-order valence-electron chi connectivity index (χ1n) is 9.40. The van der Waals surface area contributed by atoms with Gasteiger partial charge in [0.15, 0.2) is 29.0 Å². The van der Waals surface area contributed by atoms with Crippen LogP contribution in [0, 0.1) is 0 Å². The van der Waals surface area contributed by atoms with Gasteiger partial charge >= 0.3 is 6.61 Å². The number of fused-ring (bicyclic) bond motifs is 2. The Bertz CT molecular complexity index is 939. The zero-order valence-corrected chi connectivity index (χ0v) is 16.2. The van der Waals surface area contributed by atoms with Gasteiger partial charge in [0, 0.05) is 24.7 Å². The number of rotatable bonds is 7. The van der Waals surface area contributed by atoms with Gasteiger partial charge in [-0.05, 0) is 30.7 Å². The van der Waals surface area contributed by atoms with Crippen molar-refractivity contribution in [2.75, 3.05) is 20.1 Å². The molecule has 0 aromatic heterocycles. The number of nitrogens with zero attached hydrogens (tertiary/aromatic N) is 1. The summed E-state index contributed by atoms with van der Waals surface area (Å²) in [6.07, 6.45) is 0. The molecule has 0 amide bonds. The van der Waals surface area contributed by atoms with E-state index in [1.54, 1.807) is 6.07 Å². The number of benzene rings is 2. The van der Waals surface area contributed by atoms with Crippen molar-refractivity contribution in [3.63, 3.8) is 0 Å². The Balaban J connectivity index is 1.46. The SMILES string of the molecule is CCNC(=NCc1ccc2c(c1)OCO2)NCc1cc2c(cc1OC(F)F)OCO2. The van der Waals surface area contributed by atoms with Crippen molar-refractivity contribution >= 4 is 5.96 Å². The molecule has 0 saturated carbocycles. The molecule has 2 heterocycles. The van der Waals surface area contributed by atoms with Crippen LogP contribution in [0.1, 0.15) is 18.1 Å². The maximum absolute atomic E-state index is 12.8. The van der Waals surface area contributed by atoms with Crippen LogP contribution < -0.4 is 34.3 Å². The van der Waals surface area contributed by atoms with E-state index in [1.165, 1.54) is 6.07 Å². The molecular weight excluding hydrogens is 400 g/mol. The highest BCUT2D eigenvalue weighted by atomic mass is 19.3. The van der Waals surface area contributed by atoms with Crippen molar-refractivity contribution in [1.29, 1.82) is 0 Å². The molecule has 2 N–H and O–H groups in total. The van der Waals surface area contributed by atoms with Gasteiger partial charge in [0.1, 0.15) is 5.75 Å². The maximum Gasteiger partial charge on any atom is 0.387 e. The number of alkyl halides is 2. The average Bonchev–Trinajstić information content (AvgIpc) is 3.37. The fraction of sp³-hybridized carbons (Fsp3) is 0.350. The quantitative estimate of drug-likeness (QED) is 0.525. The Morgan fingerprint density at radius 2 is 1.70 bits per heavy atom. The smallest absolute Gasteiger partial charge is 0.387 e. The zero-order valence-electron chi connectivity index (χ0n) is 16.2. The molecule has 4 rings (SSSR count). The van der Waals surface area contributed by atoms with Crippen LogP contribution in [0.25, 0.3) is 0 Å². The number of hydrogen-bond acceptors (Lipinski definition) is 6. The van der Waals surface area contributed by atoms with E-state index in [-0.39, 0.29) is 25.9 Å². The summed E-state index contributed by atoms with van der Waals surface area (Å²) in [7, 11) is 0. The summed E-state index contributed by atoms with van der Waals surface area (Å²) in [5.41, 5.74) is 1.44. The third-order valence-corrected chi connectivity index (χ3v) is 4.42. The highest BCUT2D eigenvalue weighted by Gasteiger charge is 2.20. The molecule has 0 radical (unpaired) electrons. The van der Waals surface area contributed by atoms with Crippen LogP contribution in [-0.2, 0) is 13.1 Å². The van der Waals surface area contributed by atoms with E-state index in [4.69, 9.17) is 18.9 Å². The van der Waals surface area contributed by atoms with E-state index in [0.29, 0.717) is 47.6 Å². The summed E-state index contributed by atoms with van der Waals surface area (Å²) >= 11 is 0. The topological polar surface area (TPSA) is 82.6 Å². The number of ether oxygens (including phenoxy) is 5. The summed E-state index contributed by atoms with van der Waals surface area (Å²) < 4.78 is 51.5. The third-order valence-electron chi connectivity index (χ3n) is 4.42. The van der Waals surface area contributed by atoms with Gasteiger partial charge in [-0.2, -0.15) is 8.78 Å². The second-order valence-corrected chi connectivity index (χ2v) is 6.43. The molecule has 160 valence electrons. The molecule has 0 bridgehead atoms. The Kier molecular flexibility index (Phi) is 5.92. The van der Waals surface area contributed by atoms with Crippen LogP contribution in [-0.4, -0.2) is 32.7 Å². The molecule has 2 aliphatic rings. The van der Waals surface area contributed by atoms with Crippen LogP contribution in [0.2, 0.25) is 0 Å². The number of aliphatic imine (C=N–C) groups is 1. The van der Waals surface area contributed by atoms with E-state index in [0.717, 1.165) is 5.56 Å². The van der Waals surface area contributed by atoms with Crippen LogP contribution in [0.15, 0.2) is 35.3 Å². The van der Waals surface area contributed by atoms with E-state index in [1.807, 2.05) is 25.1 Å². The van der Waals surface area contributed by atoms with Crippen molar-refractivity contribution in [2.24, 2.45) is 4.99 Å². The first-order chi connectivity index (χ1) is 14.6. The minimum absolute atomic E-state index is 0.0216. The molecular formula is C20H21F2N3O5. The summed E-state index contributed by atoms with van der Waals surface area (Å²) in [6, 6.07) is 8.65. The lowest BCUT2D eigenvalue weighted by Crippen LogP contribution is -2.36. The Morgan fingerprint density at radius 1 is 1.00 bits per heavy atom. The fourth-order valence-corrected chi connectivity index (χ4v) is 3.04. The normalized spacial score (nSPS) is 14.2. The first-order valence-corrected chi connectivity index (χ1v) is 9.40. The largest absolute Gasteiger partial charge is 0.454 e. The molecule has 0 spiro atoms. The predicted octanol–water partition coefficient (Wildman–Crippen LogP) is 3.00. The van der Waals surface area contributed by atoms with E-state index >= 15 is 0 Å². The Hall–Kier alpha value is -3.43. The molecule has 30 heavy (non-hydrogen) atoms. The lowest BCUT2D eigenvalue weighted by Gasteiger charge is -2.15. The lowest BCUT2D eigenvalue weighted by atomic mass is 10.1. The minimum atomic E-state index is -2.95. The fourth-order valence-electron chi connectivity index (χ4n) is 3.04. The Labute approximate surface area is 171 Å². The maximum atomic E-state index is 12.8. The number of nitrogens with one attached hydrogen (secondary N) is 2. The second-order valence-electron chi connectivity index (χ2n) is 6.43. The molecule has 0 atom stereocenters. The van der Waals surface area contributed by atoms with E-state index in [9.17, 15) is 8.78 Å². The van der Waals surface area contributed by atoms with Gasteiger partial charge in [0.25, 0.3) is 0 Å². The molecule has 2 aromatic carbocycles. The second kappa shape index (κ2) is 8.93. The Morgan fingerprint density at radius 3 is 2.43 bits per heavy atom. The molecule has 8 nitrogen and oxygen atoms in total. The zero-order chi connectivity index (χ0) is 20.9. The molecule has 0 aliphatic carbocycles. The van der Waals surface area contributed by atoms with Gasteiger partial charge in [-0.1, -0.05) is 6.07 Å². The van der Waals surface area contributed by atoms with Crippen LogP contribution in [0.3, 0.4) is 0 Å². The van der Waals surface area contributed by atoms with Crippen LogP contribution >= 0.6 is 0 Å². The van der Waals surface area contributed by atoms with Gasteiger partial charge in [0.2, 0.25) is 13.6 Å². The molecule has 0 fully saturated rings. The molecule has 2 aromatic rings. The van der Waals surface area contributed by atoms with Gasteiger partial charge in [-0.3, -0.25) is 0 Å². The monoisotopic (exact) mass is 421 g/mol. The molecule has 0 unspecified atom stereocenters. The van der Waals surface area contributed by atoms with Crippen molar-refractivity contribution in [2.45, 2.75) is 26.6 Å². The summed E-state index contributed by atoms with van der Waals surface area (Å²) in [5.74, 6) is 2.80. The van der Waals surface area contributed by atoms with Gasteiger partial charge in [0.05, 0.1) is 6.54 Å². The summed E-state index contributed by atoms with van der Waals surface area (Å²) in [4.78, 5) is 4.54. The highest BCUT2D eigenvalue weighted by molar-refractivity contribution is 5.79. The highest BCUT2D eigenvalue weighted by Crippen LogP contribution is 2.38. The number of guanidine groups is 1. The van der Waals surface area contributed by atoms with Gasteiger partial charge < -0.3 is 34.3 Å². The number of hydrogen-bond donors (Lipinski definition) is 2. The van der Waals surface area contributed by atoms with Crippen molar-refractivity contribution in [3.05, 3.63) is 41.5 Å². The van der Waals surface area contributed by atoms with E-state index < -0.39 is 6.61 Å². The summed E-state index contributed by atoms with van der Waals surface area (Å²) in [6.45, 7) is 0.472. The van der Waals surface area contributed by atoms with Crippen molar-refractivity contribution < 1.29 is 32.5 Å². The predicted molar refractivity (Wildman–Crippen MR) is 103 cm³/mol. The lowest BCUT2D eigenvalue weighted by molar-refractivity contribution is -0.0505. The van der Waals surface area contributed by atoms with E-state index in [2.05, 4.69) is 20.4 Å². The molecule has 0 saturated heterocycles.